The number of aromatic nitrogens is 2. The molecule has 4 nitrogen and oxygen atoms in total. The predicted octanol–water partition coefficient (Wildman–Crippen LogP) is 6.04. The Morgan fingerprint density at radius 2 is 1.88 bits per heavy atom. The molecule has 26 heavy (non-hydrogen) atoms. The third kappa shape index (κ3) is 4.25. The van der Waals surface area contributed by atoms with Crippen molar-refractivity contribution in [2.45, 2.75) is 6.61 Å². The lowest BCUT2D eigenvalue weighted by Crippen LogP contribution is -1.98. The first kappa shape index (κ1) is 18.9. The van der Waals surface area contributed by atoms with E-state index in [-0.39, 0.29) is 12.4 Å². The second-order valence-corrected chi connectivity index (χ2v) is 7.48. The molecule has 2 aromatic heterocycles. The van der Waals surface area contributed by atoms with E-state index in [0.29, 0.717) is 6.61 Å². The van der Waals surface area contributed by atoms with Crippen molar-refractivity contribution >= 4 is 68.1 Å². The molecule has 0 radical (unpaired) electrons. The van der Waals surface area contributed by atoms with Gasteiger partial charge < -0.3 is 10.1 Å². The summed E-state index contributed by atoms with van der Waals surface area (Å²) < 4.78 is 8.04. The van der Waals surface area contributed by atoms with Gasteiger partial charge in [-0.25, -0.2) is 9.97 Å². The van der Waals surface area contributed by atoms with E-state index in [1.165, 1.54) is 0 Å². The number of thiophene rings is 1. The smallest absolute Gasteiger partial charge is 0.151 e. The standard InChI is InChI=1S/C19H14IN3OS.ClH/c20-15-10-14(23-19-18-16(8-9-25-18)21-12-22-19)6-7-17(15)24-11-13-4-2-1-3-5-13;/h1-10,12H,11H2,(H,21,22,23);1H. The molecule has 0 atom stereocenters. The van der Waals surface area contributed by atoms with Gasteiger partial charge in [0.1, 0.15) is 18.7 Å². The van der Waals surface area contributed by atoms with E-state index in [0.717, 1.165) is 36.6 Å². The molecule has 0 bridgehead atoms. The van der Waals surface area contributed by atoms with Crippen molar-refractivity contribution in [3.63, 3.8) is 0 Å². The van der Waals surface area contributed by atoms with Crippen molar-refractivity contribution in [3.8, 4) is 5.75 Å². The van der Waals surface area contributed by atoms with Crippen LogP contribution in [0.4, 0.5) is 11.5 Å². The minimum atomic E-state index is 0. The summed E-state index contributed by atoms with van der Waals surface area (Å²) in [4.78, 5) is 8.62. The summed E-state index contributed by atoms with van der Waals surface area (Å²) in [6, 6.07) is 18.2. The second kappa shape index (κ2) is 8.66. The monoisotopic (exact) mass is 495 g/mol. The molecule has 0 saturated heterocycles. The first-order valence-corrected chi connectivity index (χ1v) is 9.67. The fourth-order valence-corrected chi connectivity index (χ4v) is 3.91. The SMILES string of the molecule is Cl.Ic1cc(Nc2ncnc3ccsc23)ccc1OCc1ccccc1. The molecule has 0 aliphatic carbocycles. The third-order valence-corrected chi connectivity index (χ3v) is 5.43. The zero-order valence-electron chi connectivity index (χ0n) is 13.6. The molecule has 0 spiro atoms. The Labute approximate surface area is 175 Å². The molecule has 7 heteroatoms. The van der Waals surface area contributed by atoms with Crippen LogP contribution < -0.4 is 10.1 Å². The van der Waals surface area contributed by atoms with Crippen LogP contribution in [0.3, 0.4) is 0 Å². The maximum atomic E-state index is 5.93. The van der Waals surface area contributed by atoms with E-state index in [1.807, 2.05) is 41.8 Å². The summed E-state index contributed by atoms with van der Waals surface area (Å²) in [7, 11) is 0. The maximum Gasteiger partial charge on any atom is 0.151 e. The molecule has 132 valence electrons. The third-order valence-electron chi connectivity index (χ3n) is 3.67. The van der Waals surface area contributed by atoms with Crippen molar-refractivity contribution in [3.05, 3.63) is 75.4 Å². The summed E-state index contributed by atoms with van der Waals surface area (Å²) in [5.41, 5.74) is 3.09. The normalized spacial score (nSPS) is 10.3. The summed E-state index contributed by atoms with van der Waals surface area (Å²) in [5, 5.41) is 5.40. The van der Waals surface area contributed by atoms with Crippen LogP contribution in [0.2, 0.25) is 0 Å². The van der Waals surface area contributed by atoms with Crippen molar-refractivity contribution in [1.82, 2.24) is 9.97 Å². The molecule has 2 heterocycles. The van der Waals surface area contributed by atoms with Gasteiger partial charge in [-0.1, -0.05) is 30.3 Å². The number of benzene rings is 2. The number of hydrogen-bond donors (Lipinski definition) is 1. The Morgan fingerprint density at radius 3 is 2.69 bits per heavy atom. The summed E-state index contributed by atoms with van der Waals surface area (Å²) in [6.07, 6.45) is 1.58. The average molecular weight is 496 g/mol. The molecular weight excluding hydrogens is 481 g/mol. The zero-order chi connectivity index (χ0) is 17.1. The van der Waals surface area contributed by atoms with Gasteiger partial charge in [-0.15, -0.1) is 23.7 Å². The lowest BCUT2D eigenvalue weighted by molar-refractivity contribution is 0.304. The van der Waals surface area contributed by atoms with Gasteiger partial charge in [0.2, 0.25) is 0 Å². The van der Waals surface area contributed by atoms with Crippen molar-refractivity contribution in [2.75, 3.05) is 5.32 Å². The van der Waals surface area contributed by atoms with E-state index >= 15 is 0 Å². The van der Waals surface area contributed by atoms with Gasteiger partial charge in [-0.2, -0.15) is 0 Å². The van der Waals surface area contributed by atoms with Crippen molar-refractivity contribution in [1.29, 1.82) is 0 Å². The number of nitrogens with zero attached hydrogens (tertiary/aromatic N) is 2. The van der Waals surface area contributed by atoms with Crippen LogP contribution in [0.25, 0.3) is 10.2 Å². The van der Waals surface area contributed by atoms with E-state index in [2.05, 4.69) is 56.1 Å². The molecule has 0 aliphatic heterocycles. The lowest BCUT2D eigenvalue weighted by Gasteiger charge is -2.11. The molecule has 0 saturated carbocycles. The molecule has 0 fully saturated rings. The summed E-state index contributed by atoms with van der Waals surface area (Å²) >= 11 is 3.93. The highest BCUT2D eigenvalue weighted by Crippen LogP contribution is 2.30. The van der Waals surface area contributed by atoms with Gasteiger partial charge in [0.05, 0.1) is 13.8 Å². The Morgan fingerprint density at radius 1 is 1.04 bits per heavy atom. The van der Waals surface area contributed by atoms with Gasteiger partial charge in [-0.05, 0) is 57.8 Å². The van der Waals surface area contributed by atoms with Crippen LogP contribution in [-0.4, -0.2) is 9.97 Å². The van der Waals surface area contributed by atoms with Gasteiger partial charge in [0, 0.05) is 5.69 Å². The zero-order valence-corrected chi connectivity index (χ0v) is 17.3. The van der Waals surface area contributed by atoms with Crippen LogP contribution in [0.15, 0.2) is 66.3 Å². The van der Waals surface area contributed by atoms with E-state index in [1.54, 1.807) is 17.7 Å². The Kier molecular flexibility index (Phi) is 6.29. The van der Waals surface area contributed by atoms with E-state index in [9.17, 15) is 0 Å². The Balaban J connectivity index is 0.00000196. The second-order valence-electron chi connectivity index (χ2n) is 5.40. The fraction of sp³-hybridized carbons (Fsp3) is 0.0526. The first-order chi connectivity index (χ1) is 12.3. The van der Waals surface area contributed by atoms with Crippen LogP contribution in [0, 0.1) is 3.57 Å². The van der Waals surface area contributed by atoms with Crippen molar-refractivity contribution in [2.24, 2.45) is 0 Å². The van der Waals surface area contributed by atoms with Crippen LogP contribution in [-0.2, 0) is 6.61 Å². The highest BCUT2D eigenvalue weighted by atomic mass is 127. The predicted molar refractivity (Wildman–Crippen MR) is 118 cm³/mol. The number of anilines is 2. The quantitative estimate of drug-likeness (QED) is 0.343. The molecule has 0 aliphatic rings. The first-order valence-electron chi connectivity index (χ1n) is 7.71. The maximum absolute atomic E-state index is 5.93. The molecule has 0 amide bonds. The molecule has 4 aromatic rings. The molecule has 1 N–H and O–H groups in total. The van der Waals surface area contributed by atoms with Gasteiger partial charge in [-0.3, -0.25) is 0 Å². The minimum Gasteiger partial charge on any atom is -0.488 e. The number of halogens is 2. The highest BCUT2D eigenvalue weighted by molar-refractivity contribution is 14.1. The van der Waals surface area contributed by atoms with Gasteiger partial charge in [0.25, 0.3) is 0 Å². The number of ether oxygens (including phenoxy) is 1. The van der Waals surface area contributed by atoms with E-state index < -0.39 is 0 Å². The minimum absolute atomic E-state index is 0. The van der Waals surface area contributed by atoms with Crippen LogP contribution >= 0.6 is 46.3 Å². The summed E-state index contributed by atoms with van der Waals surface area (Å²) in [5.74, 6) is 1.70. The van der Waals surface area contributed by atoms with Crippen molar-refractivity contribution < 1.29 is 4.74 Å². The van der Waals surface area contributed by atoms with Crippen LogP contribution in [0.5, 0.6) is 5.75 Å². The lowest BCUT2D eigenvalue weighted by atomic mass is 10.2. The number of fused-ring (bicyclic) bond motifs is 1. The molecule has 2 aromatic carbocycles. The van der Waals surface area contributed by atoms with Gasteiger partial charge in [0.15, 0.2) is 5.82 Å². The summed E-state index contributed by atoms with van der Waals surface area (Å²) in [6.45, 7) is 0.561. The topological polar surface area (TPSA) is 47.0 Å². The Hall–Kier alpha value is -1.90. The number of hydrogen-bond acceptors (Lipinski definition) is 5. The van der Waals surface area contributed by atoms with Crippen LogP contribution in [0.1, 0.15) is 5.56 Å². The molecule has 4 rings (SSSR count). The number of nitrogens with one attached hydrogen (secondary N) is 1. The Bertz CT molecular complexity index is 1010. The van der Waals surface area contributed by atoms with Gasteiger partial charge >= 0.3 is 0 Å². The fourth-order valence-electron chi connectivity index (χ4n) is 2.45. The molecular formula is C19H15ClIN3OS. The average Bonchev–Trinajstić information content (AvgIpc) is 3.12. The number of rotatable bonds is 5. The van der Waals surface area contributed by atoms with E-state index in [4.69, 9.17) is 4.74 Å². The highest BCUT2D eigenvalue weighted by Gasteiger charge is 2.08. The largest absolute Gasteiger partial charge is 0.488 e. The molecule has 0 unspecified atom stereocenters.